The number of aromatic nitrogens is 2. The fourth-order valence-electron chi connectivity index (χ4n) is 0.737. The Labute approximate surface area is 68.1 Å². The zero-order valence-corrected chi connectivity index (χ0v) is 6.31. The van der Waals surface area contributed by atoms with Gasteiger partial charge in [-0.25, -0.2) is 14.8 Å². The molecule has 12 heavy (non-hydrogen) atoms. The van der Waals surface area contributed by atoms with Gasteiger partial charge in [0.05, 0.1) is 5.56 Å². The minimum atomic E-state index is -1.22. The molecule has 0 atom stereocenters. The van der Waals surface area contributed by atoms with Gasteiger partial charge >= 0.3 is 5.97 Å². The van der Waals surface area contributed by atoms with Crippen molar-refractivity contribution in [1.82, 2.24) is 9.97 Å². The Morgan fingerprint density at radius 3 is 2.83 bits per heavy atom. The van der Waals surface area contributed by atoms with Crippen molar-refractivity contribution in [2.75, 3.05) is 0 Å². The second-order valence-corrected chi connectivity index (χ2v) is 2.14. The summed E-state index contributed by atoms with van der Waals surface area (Å²) in [6.07, 6.45) is 1.61. The van der Waals surface area contributed by atoms with Crippen molar-refractivity contribution in [1.29, 1.82) is 0 Å². The summed E-state index contributed by atoms with van der Waals surface area (Å²) in [6, 6.07) is 0. The van der Waals surface area contributed by atoms with Crippen molar-refractivity contribution in [3.8, 4) is 0 Å². The van der Waals surface area contributed by atoms with Crippen molar-refractivity contribution in [2.24, 2.45) is 0 Å². The van der Waals surface area contributed by atoms with Crippen LogP contribution in [-0.2, 0) is 0 Å². The van der Waals surface area contributed by atoms with E-state index in [1.807, 2.05) is 0 Å². The van der Waals surface area contributed by atoms with E-state index >= 15 is 0 Å². The molecule has 1 N–H and O–H groups in total. The van der Waals surface area contributed by atoms with E-state index in [0.717, 1.165) is 0 Å². The second-order valence-electron chi connectivity index (χ2n) is 2.14. The zero-order chi connectivity index (χ0) is 9.14. The summed E-state index contributed by atoms with van der Waals surface area (Å²) in [6.45, 7) is 1.56. The van der Waals surface area contributed by atoms with Crippen LogP contribution in [0.3, 0.4) is 0 Å². The molecule has 0 aliphatic heterocycles. The number of aryl methyl sites for hydroxylation is 1. The first kappa shape index (κ1) is 8.32. The molecule has 1 heterocycles. The lowest BCUT2D eigenvalue weighted by Crippen LogP contribution is -2.07. The number of carboxylic acid groups (broad SMARTS) is 1. The van der Waals surface area contributed by atoms with Crippen LogP contribution in [0, 0.1) is 6.92 Å². The number of aromatic carboxylic acids is 1. The second kappa shape index (κ2) is 3.08. The Morgan fingerprint density at radius 1 is 1.67 bits per heavy atom. The Balaban J connectivity index is 3.30. The summed E-state index contributed by atoms with van der Waals surface area (Å²) in [5.41, 5.74) is -0.259. The number of carboxylic acids is 1. The molecule has 5 heteroatoms. The average molecular weight is 166 g/mol. The van der Waals surface area contributed by atoms with E-state index < -0.39 is 5.97 Å². The van der Waals surface area contributed by atoms with Gasteiger partial charge in [0.15, 0.2) is 12.0 Å². The van der Waals surface area contributed by atoms with Crippen LogP contribution in [-0.4, -0.2) is 27.3 Å². The molecule has 0 bridgehead atoms. The summed E-state index contributed by atoms with van der Waals surface area (Å²) in [4.78, 5) is 28.1. The van der Waals surface area contributed by atoms with Gasteiger partial charge in [0.1, 0.15) is 5.82 Å². The molecule has 1 aromatic heterocycles. The molecule has 0 saturated carbocycles. The van der Waals surface area contributed by atoms with Crippen LogP contribution < -0.4 is 0 Å². The van der Waals surface area contributed by atoms with E-state index in [2.05, 4.69) is 9.97 Å². The molecule has 0 spiro atoms. The SMILES string of the molecule is Cc1ncc(C=O)c(C(=O)O)n1. The van der Waals surface area contributed by atoms with Crippen molar-refractivity contribution in [3.05, 3.63) is 23.3 Å². The van der Waals surface area contributed by atoms with Crippen LogP contribution in [0.15, 0.2) is 6.20 Å². The van der Waals surface area contributed by atoms with Crippen molar-refractivity contribution < 1.29 is 14.7 Å². The normalized spacial score (nSPS) is 9.42. The maximum Gasteiger partial charge on any atom is 0.355 e. The highest BCUT2D eigenvalue weighted by atomic mass is 16.4. The highest BCUT2D eigenvalue weighted by Crippen LogP contribution is 2.01. The minimum Gasteiger partial charge on any atom is -0.476 e. The van der Waals surface area contributed by atoms with Gasteiger partial charge < -0.3 is 5.11 Å². The van der Waals surface area contributed by atoms with Gasteiger partial charge in [-0.1, -0.05) is 0 Å². The summed E-state index contributed by atoms with van der Waals surface area (Å²) in [7, 11) is 0. The van der Waals surface area contributed by atoms with E-state index in [4.69, 9.17) is 5.11 Å². The lowest BCUT2D eigenvalue weighted by molar-refractivity contribution is 0.0687. The summed E-state index contributed by atoms with van der Waals surface area (Å²) in [5, 5.41) is 8.57. The van der Waals surface area contributed by atoms with E-state index in [0.29, 0.717) is 12.1 Å². The Morgan fingerprint density at radius 2 is 2.33 bits per heavy atom. The van der Waals surface area contributed by atoms with Crippen LogP contribution in [0.25, 0.3) is 0 Å². The molecule has 1 rings (SSSR count). The quantitative estimate of drug-likeness (QED) is 0.639. The molecule has 0 aliphatic rings. The lowest BCUT2D eigenvalue weighted by Gasteiger charge is -1.97. The van der Waals surface area contributed by atoms with Gasteiger partial charge in [0.2, 0.25) is 0 Å². The van der Waals surface area contributed by atoms with Crippen molar-refractivity contribution in [2.45, 2.75) is 6.92 Å². The molecular weight excluding hydrogens is 160 g/mol. The standard InChI is InChI=1S/C7H6N2O3/c1-4-8-2-5(3-10)6(9-4)7(11)12/h2-3H,1H3,(H,11,12). The molecule has 0 unspecified atom stereocenters. The zero-order valence-electron chi connectivity index (χ0n) is 6.31. The van der Waals surface area contributed by atoms with Crippen molar-refractivity contribution in [3.63, 3.8) is 0 Å². The largest absolute Gasteiger partial charge is 0.476 e. The van der Waals surface area contributed by atoms with Gasteiger partial charge in [-0.2, -0.15) is 0 Å². The van der Waals surface area contributed by atoms with Gasteiger partial charge in [-0.15, -0.1) is 0 Å². The third kappa shape index (κ3) is 1.45. The smallest absolute Gasteiger partial charge is 0.355 e. The lowest BCUT2D eigenvalue weighted by atomic mass is 10.2. The topological polar surface area (TPSA) is 80.2 Å². The Kier molecular flexibility index (Phi) is 2.14. The first-order chi connectivity index (χ1) is 5.65. The number of rotatable bonds is 2. The number of nitrogens with zero attached hydrogens (tertiary/aromatic N) is 2. The Bertz CT molecular complexity index is 335. The molecule has 1 aromatic rings. The predicted molar refractivity (Wildman–Crippen MR) is 39.1 cm³/mol. The first-order valence-corrected chi connectivity index (χ1v) is 3.17. The molecular formula is C7H6N2O3. The number of hydrogen-bond donors (Lipinski definition) is 1. The number of hydrogen-bond acceptors (Lipinski definition) is 4. The minimum absolute atomic E-state index is 0.00639. The van der Waals surface area contributed by atoms with Gasteiger partial charge in [0.25, 0.3) is 0 Å². The van der Waals surface area contributed by atoms with E-state index in [1.165, 1.54) is 6.20 Å². The molecule has 0 aromatic carbocycles. The van der Waals surface area contributed by atoms with Crippen LogP contribution in [0.2, 0.25) is 0 Å². The van der Waals surface area contributed by atoms with E-state index in [9.17, 15) is 9.59 Å². The van der Waals surface area contributed by atoms with Crippen LogP contribution in [0.5, 0.6) is 0 Å². The molecule has 0 radical (unpaired) electrons. The highest BCUT2D eigenvalue weighted by molar-refractivity contribution is 5.94. The fourth-order valence-corrected chi connectivity index (χ4v) is 0.737. The first-order valence-electron chi connectivity index (χ1n) is 3.17. The van der Waals surface area contributed by atoms with E-state index in [1.54, 1.807) is 6.92 Å². The third-order valence-corrected chi connectivity index (χ3v) is 1.27. The number of aldehydes is 1. The number of carbonyl (C=O) groups excluding carboxylic acids is 1. The fraction of sp³-hybridized carbons (Fsp3) is 0.143. The molecule has 62 valence electrons. The third-order valence-electron chi connectivity index (χ3n) is 1.27. The molecule has 0 saturated heterocycles. The van der Waals surface area contributed by atoms with E-state index in [-0.39, 0.29) is 11.3 Å². The summed E-state index contributed by atoms with van der Waals surface area (Å²) in [5.74, 6) is -0.888. The highest BCUT2D eigenvalue weighted by Gasteiger charge is 2.11. The predicted octanol–water partition coefficient (Wildman–Crippen LogP) is 0.296. The van der Waals surface area contributed by atoms with Gasteiger partial charge in [-0.3, -0.25) is 4.79 Å². The Hall–Kier alpha value is -1.78. The maximum atomic E-state index is 10.5. The molecule has 0 aliphatic carbocycles. The van der Waals surface area contributed by atoms with Gasteiger partial charge in [-0.05, 0) is 6.92 Å². The molecule has 5 nitrogen and oxygen atoms in total. The van der Waals surface area contributed by atoms with Crippen LogP contribution >= 0.6 is 0 Å². The summed E-state index contributed by atoms with van der Waals surface area (Å²) >= 11 is 0. The van der Waals surface area contributed by atoms with Crippen LogP contribution in [0.1, 0.15) is 26.7 Å². The maximum absolute atomic E-state index is 10.5. The molecule has 0 amide bonds. The average Bonchev–Trinajstić information content (AvgIpc) is 2.04. The monoisotopic (exact) mass is 166 g/mol. The van der Waals surface area contributed by atoms with Crippen molar-refractivity contribution >= 4 is 12.3 Å². The number of carbonyl (C=O) groups is 2. The summed E-state index contributed by atoms with van der Waals surface area (Å²) < 4.78 is 0. The van der Waals surface area contributed by atoms with Gasteiger partial charge in [0, 0.05) is 6.20 Å². The van der Waals surface area contributed by atoms with Crippen LogP contribution in [0.4, 0.5) is 0 Å². The molecule has 0 fully saturated rings.